The van der Waals surface area contributed by atoms with Crippen LogP contribution in [0.1, 0.15) is 40.9 Å². The molecule has 0 aliphatic carbocycles. The van der Waals surface area contributed by atoms with Crippen LogP contribution in [0, 0.1) is 13.8 Å². The number of aryl methyl sites for hydroxylation is 3. The van der Waals surface area contributed by atoms with Crippen LogP contribution in [0.4, 0.5) is 0 Å². The number of rotatable bonds is 5. The van der Waals surface area contributed by atoms with E-state index in [-0.39, 0.29) is 16.9 Å². The van der Waals surface area contributed by atoms with E-state index in [1.807, 2.05) is 10.8 Å². The maximum atomic E-state index is 12.2. The number of nitrogens with one attached hydrogen (secondary N) is 2. The Bertz CT molecular complexity index is 700. The number of carbonyl (C=O) groups excluding carboxylic acids is 1. The standard InChI is InChI=1S/C15H20N4O2/c1-4-6-19-7-5-16-13(19)9-17-15(21)14-11(3)18-10(2)8-12(14)20/h5,7-8H,4,6,9H2,1-3H3,(H,17,21)(H,18,20). The zero-order valence-electron chi connectivity index (χ0n) is 12.6. The van der Waals surface area contributed by atoms with Gasteiger partial charge in [-0.1, -0.05) is 6.92 Å². The minimum absolute atomic E-state index is 0.161. The van der Waals surface area contributed by atoms with Gasteiger partial charge in [0.25, 0.3) is 5.91 Å². The van der Waals surface area contributed by atoms with E-state index in [9.17, 15) is 9.59 Å². The maximum absolute atomic E-state index is 12.2. The Kier molecular flexibility index (Phi) is 4.57. The highest BCUT2D eigenvalue weighted by Gasteiger charge is 2.14. The van der Waals surface area contributed by atoms with Gasteiger partial charge in [-0.05, 0) is 20.3 Å². The van der Waals surface area contributed by atoms with E-state index in [0.29, 0.717) is 12.2 Å². The number of carbonyl (C=O) groups is 1. The quantitative estimate of drug-likeness (QED) is 0.875. The monoisotopic (exact) mass is 288 g/mol. The third-order valence-electron chi connectivity index (χ3n) is 3.25. The van der Waals surface area contributed by atoms with Crippen LogP contribution in [0.5, 0.6) is 0 Å². The molecule has 0 radical (unpaired) electrons. The Morgan fingerprint density at radius 2 is 2.19 bits per heavy atom. The van der Waals surface area contributed by atoms with Crippen LogP contribution in [0.3, 0.4) is 0 Å². The third kappa shape index (κ3) is 3.39. The molecule has 0 spiro atoms. The van der Waals surface area contributed by atoms with Gasteiger partial charge in [0, 0.05) is 36.4 Å². The largest absolute Gasteiger partial charge is 0.362 e. The predicted octanol–water partition coefficient (Wildman–Crippen LogP) is 1.53. The smallest absolute Gasteiger partial charge is 0.257 e. The van der Waals surface area contributed by atoms with Gasteiger partial charge in [0.15, 0.2) is 5.43 Å². The fraction of sp³-hybridized carbons (Fsp3) is 0.400. The lowest BCUT2D eigenvalue weighted by atomic mass is 10.1. The lowest BCUT2D eigenvalue weighted by Gasteiger charge is -2.09. The van der Waals surface area contributed by atoms with Crippen LogP contribution in [-0.4, -0.2) is 20.4 Å². The van der Waals surface area contributed by atoms with Gasteiger partial charge in [-0.15, -0.1) is 0 Å². The van der Waals surface area contributed by atoms with Crippen LogP contribution >= 0.6 is 0 Å². The predicted molar refractivity (Wildman–Crippen MR) is 80.2 cm³/mol. The maximum Gasteiger partial charge on any atom is 0.257 e. The van der Waals surface area contributed by atoms with E-state index < -0.39 is 0 Å². The number of aromatic amines is 1. The summed E-state index contributed by atoms with van der Waals surface area (Å²) in [7, 11) is 0. The van der Waals surface area contributed by atoms with Crippen molar-refractivity contribution >= 4 is 5.91 Å². The van der Waals surface area contributed by atoms with Gasteiger partial charge < -0.3 is 14.9 Å². The molecule has 2 rings (SSSR count). The van der Waals surface area contributed by atoms with E-state index in [0.717, 1.165) is 24.5 Å². The summed E-state index contributed by atoms with van der Waals surface area (Å²) in [6, 6.07) is 1.43. The second-order valence-corrected chi connectivity index (χ2v) is 5.04. The van der Waals surface area contributed by atoms with Crippen molar-refractivity contribution in [3.05, 3.63) is 51.5 Å². The first-order valence-corrected chi connectivity index (χ1v) is 7.01. The molecule has 0 unspecified atom stereocenters. The van der Waals surface area contributed by atoms with E-state index in [1.54, 1.807) is 20.0 Å². The van der Waals surface area contributed by atoms with Crippen molar-refractivity contribution in [3.8, 4) is 0 Å². The van der Waals surface area contributed by atoms with E-state index in [2.05, 4.69) is 22.2 Å². The molecule has 2 N–H and O–H groups in total. The molecule has 112 valence electrons. The molecule has 0 saturated carbocycles. The molecular formula is C15H20N4O2. The SMILES string of the molecule is CCCn1ccnc1CNC(=O)c1c(C)[nH]c(C)cc1=O. The summed E-state index contributed by atoms with van der Waals surface area (Å²) >= 11 is 0. The first-order chi connectivity index (χ1) is 10.0. The van der Waals surface area contributed by atoms with Crippen LogP contribution in [-0.2, 0) is 13.1 Å². The molecular weight excluding hydrogens is 268 g/mol. The fourth-order valence-corrected chi connectivity index (χ4v) is 2.33. The minimum atomic E-state index is -0.375. The topological polar surface area (TPSA) is 79.8 Å². The van der Waals surface area contributed by atoms with Crippen molar-refractivity contribution in [1.29, 1.82) is 0 Å². The Hall–Kier alpha value is -2.37. The van der Waals surface area contributed by atoms with E-state index >= 15 is 0 Å². The van der Waals surface area contributed by atoms with E-state index in [4.69, 9.17) is 0 Å². The van der Waals surface area contributed by atoms with Crippen molar-refractivity contribution < 1.29 is 4.79 Å². The number of pyridine rings is 1. The molecule has 2 aromatic heterocycles. The fourth-order valence-electron chi connectivity index (χ4n) is 2.33. The van der Waals surface area contributed by atoms with Gasteiger partial charge in [0.1, 0.15) is 11.4 Å². The lowest BCUT2D eigenvalue weighted by molar-refractivity contribution is 0.0947. The lowest BCUT2D eigenvalue weighted by Crippen LogP contribution is -2.30. The van der Waals surface area contributed by atoms with Crippen molar-refractivity contribution in [2.24, 2.45) is 0 Å². The molecule has 2 aromatic rings. The Morgan fingerprint density at radius 1 is 1.43 bits per heavy atom. The number of hydrogen-bond acceptors (Lipinski definition) is 3. The third-order valence-corrected chi connectivity index (χ3v) is 3.25. The first-order valence-electron chi connectivity index (χ1n) is 7.01. The highest BCUT2D eigenvalue weighted by Crippen LogP contribution is 2.03. The summed E-state index contributed by atoms with van der Waals surface area (Å²) in [5.74, 6) is 0.409. The van der Waals surface area contributed by atoms with Gasteiger partial charge in [-0.2, -0.15) is 0 Å². The first kappa shape index (κ1) is 15.0. The van der Waals surface area contributed by atoms with Crippen LogP contribution in [0.25, 0.3) is 0 Å². The Morgan fingerprint density at radius 3 is 2.86 bits per heavy atom. The average molecular weight is 288 g/mol. The zero-order valence-corrected chi connectivity index (χ0v) is 12.6. The normalized spacial score (nSPS) is 10.6. The van der Waals surface area contributed by atoms with Gasteiger partial charge >= 0.3 is 0 Å². The number of hydrogen-bond donors (Lipinski definition) is 2. The van der Waals surface area contributed by atoms with Gasteiger partial charge in [0.2, 0.25) is 0 Å². The van der Waals surface area contributed by atoms with E-state index in [1.165, 1.54) is 6.07 Å². The van der Waals surface area contributed by atoms with Gasteiger partial charge in [-0.25, -0.2) is 4.98 Å². The molecule has 2 heterocycles. The molecule has 0 fully saturated rings. The van der Waals surface area contributed by atoms with Crippen molar-refractivity contribution in [3.63, 3.8) is 0 Å². The molecule has 0 bridgehead atoms. The summed E-state index contributed by atoms with van der Waals surface area (Å²) in [5.41, 5.74) is 1.22. The highest BCUT2D eigenvalue weighted by molar-refractivity contribution is 5.95. The molecule has 0 saturated heterocycles. The molecule has 6 heteroatoms. The molecule has 21 heavy (non-hydrogen) atoms. The van der Waals surface area contributed by atoms with Gasteiger partial charge in [0.05, 0.1) is 6.54 Å². The molecule has 0 aromatic carbocycles. The molecule has 1 amide bonds. The van der Waals surface area contributed by atoms with Crippen LogP contribution < -0.4 is 10.7 Å². The number of amides is 1. The molecule has 6 nitrogen and oxygen atoms in total. The second-order valence-electron chi connectivity index (χ2n) is 5.04. The summed E-state index contributed by atoms with van der Waals surface area (Å²) in [4.78, 5) is 31.4. The van der Waals surface area contributed by atoms with Gasteiger partial charge in [-0.3, -0.25) is 9.59 Å². The Labute approximate surface area is 123 Å². The van der Waals surface area contributed by atoms with Crippen molar-refractivity contribution in [2.45, 2.75) is 40.3 Å². The summed E-state index contributed by atoms with van der Waals surface area (Å²) < 4.78 is 1.99. The molecule has 0 aliphatic heterocycles. The summed E-state index contributed by atoms with van der Waals surface area (Å²) in [6.07, 6.45) is 4.59. The molecule has 0 aliphatic rings. The zero-order chi connectivity index (χ0) is 15.4. The van der Waals surface area contributed by atoms with Crippen molar-refractivity contribution in [2.75, 3.05) is 0 Å². The molecule has 0 atom stereocenters. The number of aromatic nitrogens is 3. The minimum Gasteiger partial charge on any atom is -0.362 e. The highest BCUT2D eigenvalue weighted by atomic mass is 16.2. The average Bonchev–Trinajstić information content (AvgIpc) is 2.83. The second kappa shape index (κ2) is 6.39. The number of H-pyrrole nitrogens is 1. The summed E-state index contributed by atoms with van der Waals surface area (Å²) in [5, 5.41) is 2.76. The van der Waals surface area contributed by atoms with Crippen molar-refractivity contribution in [1.82, 2.24) is 19.9 Å². The van der Waals surface area contributed by atoms with Crippen LogP contribution in [0.15, 0.2) is 23.3 Å². The number of imidazole rings is 1. The Balaban J connectivity index is 2.12. The van der Waals surface area contributed by atoms with Crippen LogP contribution in [0.2, 0.25) is 0 Å². The number of nitrogens with zero attached hydrogens (tertiary/aromatic N) is 2. The summed E-state index contributed by atoms with van der Waals surface area (Å²) in [6.45, 7) is 6.75.